The zero-order valence-corrected chi connectivity index (χ0v) is 18.3. The van der Waals surface area contributed by atoms with Gasteiger partial charge in [-0.1, -0.05) is 29.8 Å². The Morgan fingerprint density at radius 1 is 1.20 bits per heavy atom. The molecule has 2 N–H and O–H groups in total. The van der Waals surface area contributed by atoms with Crippen molar-refractivity contribution in [2.45, 2.75) is 31.6 Å². The van der Waals surface area contributed by atoms with Crippen molar-refractivity contribution < 1.29 is 17.6 Å². The number of nitrogens with one attached hydrogen (secondary N) is 2. The van der Waals surface area contributed by atoms with E-state index in [1.165, 1.54) is 6.07 Å². The van der Waals surface area contributed by atoms with Gasteiger partial charge in [-0.15, -0.1) is 0 Å². The summed E-state index contributed by atoms with van der Waals surface area (Å²) >= 11 is 6.05. The van der Waals surface area contributed by atoms with Crippen molar-refractivity contribution in [1.82, 2.24) is 5.32 Å². The molecule has 1 aliphatic heterocycles. The molecule has 0 aliphatic carbocycles. The predicted octanol–water partition coefficient (Wildman–Crippen LogP) is 4.19. The van der Waals surface area contributed by atoms with Gasteiger partial charge in [0.15, 0.2) is 5.82 Å². The summed E-state index contributed by atoms with van der Waals surface area (Å²) in [5.41, 5.74) is 1.59. The molecule has 0 aromatic heterocycles. The van der Waals surface area contributed by atoms with Crippen molar-refractivity contribution in [1.29, 1.82) is 0 Å². The number of benzene rings is 2. The zero-order valence-electron chi connectivity index (χ0n) is 16.7. The summed E-state index contributed by atoms with van der Waals surface area (Å²) in [6, 6.07) is 9.25. The summed E-state index contributed by atoms with van der Waals surface area (Å²) in [4.78, 5) is 11.8. The molecule has 6 nitrogen and oxygen atoms in total. The van der Waals surface area contributed by atoms with Crippen LogP contribution in [-0.2, 0) is 10.0 Å². The molecular weight excluding hydrogens is 429 g/mol. The van der Waals surface area contributed by atoms with Crippen molar-refractivity contribution in [3.63, 3.8) is 0 Å². The molecule has 0 unspecified atom stereocenters. The summed E-state index contributed by atoms with van der Waals surface area (Å²) in [5, 5.41) is 5.25. The van der Waals surface area contributed by atoms with Gasteiger partial charge in [0.05, 0.1) is 5.69 Å². The lowest BCUT2D eigenvalue weighted by Crippen LogP contribution is -2.31. The predicted molar refractivity (Wildman–Crippen MR) is 116 cm³/mol. The monoisotopic (exact) mass is 451 g/mol. The van der Waals surface area contributed by atoms with Gasteiger partial charge in [-0.2, -0.15) is 12.8 Å². The lowest BCUT2D eigenvalue weighted by atomic mass is 9.94. The average molecular weight is 452 g/mol. The van der Waals surface area contributed by atoms with Crippen LogP contribution in [0, 0.1) is 18.7 Å². The second kappa shape index (κ2) is 9.24. The fourth-order valence-electron chi connectivity index (χ4n) is 3.40. The van der Waals surface area contributed by atoms with E-state index in [0.29, 0.717) is 11.3 Å². The molecule has 1 saturated heterocycles. The van der Waals surface area contributed by atoms with Gasteiger partial charge in [0.1, 0.15) is 9.92 Å². The Morgan fingerprint density at radius 2 is 1.87 bits per heavy atom. The van der Waals surface area contributed by atoms with Gasteiger partial charge < -0.3 is 10.6 Å². The fraction of sp³-hybridized carbons (Fsp3) is 0.333. The summed E-state index contributed by atoms with van der Waals surface area (Å²) in [5.74, 6) is -1.57. The first-order valence-electron chi connectivity index (χ1n) is 9.58. The van der Waals surface area contributed by atoms with Crippen LogP contribution in [0.5, 0.6) is 0 Å². The van der Waals surface area contributed by atoms with Gasteiger partial charge >= 0.3 is 0 Å². The maximum Gasteiger partial charge on any atom is 0.285 e. The number of amides is 1. The molecule has 0 saturated carbocycles. The highest BCUT2D eigenvalue weighted by Gasteiger charge is 2.25. The number of anilines is 1. The molecule has 0 spiro atoms. The van der Waals surface area contributed by atoms with Crippen LogP contribution in [0.15, 0.2) is 45.7 Å². The number of sulfonamides is 1. The molecule has 0 bridgehead atoms. The number of nitrogens with zero attached hydrogens (tertiary/aromatic N) is 1. The lowest BCUT2D eigenvalue weighted by molar-refractivity contribution is 0.102. The molecule has 2 aromatic carbocycles. The smallest absolute Gasteiger partial charge is 0.285 e. The first-order chi connectivity index (χ1) is 14.2. The van der Waals surface area contributed by atoms with Gasteiger partial charge in [0.2, 0.25) is 0 Å². The summed E-state index contributed by atoms with van der Waals surface area (Å²) in [6.45, 7) is 4.99. The van der Waals surface area contributed by atoms with E-state index in [2.05, 4.69) is 15.0 Å². The number of carbonyl (C=O) groups excluding carboxylic acids is 1. The van der Waals surface area contributed by atoms with Crippen molar-refractivity contribution in [2.75, 3.05) is 18.4 Å². The van der Waals surface area contributed by atoms with Crippen molar-refractivity contribution in [2.24, 2.45) is 10.3 Å². The second-order valence-corrected chi connectivity index (χ2v) is 9.19. The van der Waals surface area contributed by atoms with E-state index in [1.807, 2.05) is 0 Å². The molecule has 1 fully saturated rings. The van der Waals surface area contributed by atoms with Crippen molar-refractivity contribution in [3.05, 3.63) is 58.4 Å². The van der Waals surface area contributed by atoms with Crippen molar-refractivity contribution in [3.8, 4) is 0 Å². The third kappa shape index (κ3) is 4.88. The normalized spacial score (nSPS) is 15.8. The molecule has 0 radical (unpaired) electrons. The number of aryl methyl sites for hydroxylation is 1. The van der Waals surface area contributed by atoms with Gasteiger partial charge in [-0.3, -0.25) is 4.79 Å². The maximum absolute atomic E-state index is 14.8. The summed E-state index contributed by atoms with van der Waals surface area (Å²) in [7, 11) is -4.27. The van der Waals surface area contributed by atoms with Crippen LogP contribution in [0.2, 0.25) is 5.02 Å². The number of hydrogen-bond donors (Lipinski definition) is 2. The Morgan fingerprint density at radius 3 is 2.53 bits per heavy atom. The highest BCUT2D eigenvalue weighted by atomic mass is 35.5. The number of carbonyl (C=O) groups is 1. The Balaban J connectivity index is 1.87. The van der Waals surface area contributed by atoms with Crippen LogP contribution in [0.3, 0.4) is 0 Å². The zero-order chi connectivity index (χ0) is 21.9. The van der Waals surface area contributed by atoms with Crippen LogP contribution in [0.25, 0.3) is 0 Å². The first kappa shape index (κ1) is 22.4. The highest BCUT2D eigenvalue weighted by molar-refractivity contribution is 7.90. The Kier molecular flexibility index (Phi) is 6.90. The van der Waals surface area contributed by atoms with E-state index >= 15 is 0 Å². The number of piperidine rings is 1. The van der Waals surface area contributed by atoms with Crippen molar-refractivity contribution >= 4 is 38.9 Å². The molecule has 30 heavy (non-hydrogen) atoms. The summed E-state index contributed by atoms with van der Waals surface area (Å²) < 4.78 is 44.0. The first-order valence-corrected chi connectivity index (χ1v) is 11.4. The quantitative estimate of drug-likeness (QED) is 0.667. The molecule has 0 atom stereocenters. The third-order valence-electron chi connectivity index (χ3n) is 5.16. The van der Waals surface area contributed by atoms with Crippen LogP contribution in [-0.4, -0.2) is 33.1 Å². The standard InChI is InChI=1S/C21H23ClFN3O3S/c1-13-5-3-4-6-16(13)21(27)25-17-7-8-18(20(23)19(17)22)30(28,29)26-14(2)15-9-11-24-12-10-15/h3-8,15,24H,9-12H2,1-2H3,(H,25,27). The lowest BCUT2D eigenvalue weighted by Gasteiger charge is -2.22. The van der Waals surface area contributed by atoms with E-state index < -0.39 is 31.7 Å². The number of hydrogen-bond acceptors (Lipinski definition) is 4. The van der Waals surface area contributed by atoms with Gasteiger partial charge in [0.25, 0.3) is 15.9 Å². The maximum atomic E-state index is 14.8. The minimum Gasteiger partial charge on any atom is -0.321 e. The second-order valence-electron chi connectivity index (χ2n) is 7.24. The van der Waals surface area contributed by atoms with Crippen LogP contribution < -0.4 is 10.6 Å². The molecule has 9 heteroatoms. The highest BCUT2D eigenvalue weighted by Crippen LogP contribution is 2.31. The SMILES string of the molecule is CC(=NS(=O)(=O)c1ccc(NC(=O)c2ccccc2C)c(Cl)c1F)C1CCNCC1. The molecule has 160 valence electrons. The van der Waals surface area contributed by atoms with E-state index in [9.17, 15) is 17.6 Å². The van der Waals surface area contributed by atoms with E-state index in [1.54, 1.807) is 38.1 Å². The minimum absolute atomic E-state index is 0.0135. The van der Waals surface area contributed by atoms with E-state index in [-0.39, 0.29) is 11.6 Å². The Bertz CT molecular complexity index is 1100. The van der Waals surface area contributed by atoms with Gasteiger partial charge in [0, 0.05) is 17.2 Å². The molecule has 1 heterocycles. The van der Waals surface area contributed by atoms with Crippen LogP contribution >= 0.6 is 11.6 Å². The topological polar surface area (TPSA) is 87.6 Å². The van der Waals surface area contributed by atoms with Gasteiger partial charge in [-0.25, -0.2) is 4.39 Å². The largest absolute Gasteiger partial charge is 0.321 e. The number of halogens is 2. The van der Waals surface area contributed by atoms with Crippen LogP contribution in [0.1, 0.15) is 35.7 Å². The van der Waals surface area contributed by atoms with Gasteiger partial charge in [-0.05, 0) is 63.5 Å². The molecule has 3 rings (SSSR count). The molecular formula is C21H23ClFN3O3S. The Hall–Kier alpha value is -2.29. The van der Waals surface area contributed by atoms with E-state index in [0.717, 1.165) is 37.6 Å². The fourth-order valence-corrected chi connectivity index (χ4v) is 4.86. The average Bonchev–Trinajstić information content (AvgIpc) is 2.72. The van der Waals surface area contributed by atoms with E-state index in [4.69, 9.17) is 11.6 Å². The molecule has 1 amide bonds. The third-order valence-corrected chi connectivity index (χ3v) is 6.93. The molecule has 2 aromatic rings. The number of rotatable bonds is 5. The Labute approximate surface area is 180 Å². The summed E-state index contributed by atoms with van der Waals surface area (Å²) in [6.07, 6.45) is 1.55. The molecule has 1 aliphatic rings. The van der Waals surface area contributed by atoms with Crippen LogP contribution in [0.4, 0.5) is 10.1 Å². The minimum atomic E-state index is -4.27.